The molecule has 0 radical (unpaired) electrons. The van der Waals surface area contributed by atoms with Crippen molar-refractivity contribution in [3.63, 3.8) is 0 Å². The van der Waals surface area contributed by atoms with Crippen LogP contribution in [0.3, 0.4) is 0 Å². The first-order valence-corrected chi connectivity index (χ1v) is 6.13. The number of carbonyl (C=O) groups excluding carboxylic acids is 1. The summed E-state index contributed by atoms with van der Waals surface area (Å²) in [6.07, 6.45) is 3.23. The second kappa shape index (κ2) is 6.60. The molecule has 0 saturated heterocycles. The van der Waals surface area contributed by atoms with Crippen LogP contribution in [0, 0.1) is 0 Å². The Morgan fingerprint density at radius 2 is 2.16 bits per heavy atom. The molecule has 1 heterocycles. The van der Waals surface area contributed by atoms with E-state index in [-0.39, 0.29) is 5.91 Å². The zero-order chi connectivity index (χ0) is 13.5. The predicted octanol–water partition coefficient (Wildman–Crippen LogP) is 0.131. The minimum Gasteiger partial charge on any atom is -0.352 e. The van der Waals surface area contributed by atoms with Gasteiger partial charge in [-0.25, -0.2) is 0 Å². The Morgan fingerprint density at radius 1 is 1.32 bits per heavy atom. The van der Waals surface area contributed by atoms with E-state index in [1.165, 1.54) is 11.0 Å². The van der Waals surface area contributed by atoms with Gasteiger partial charge in [0.25, 0.3) is 5.91 Å². The summed E-state index contributed by atoms with van der Waals surface area (Å²) in [4.78, 5) is 12.1. The summed E-state index contributed by atoms with van der Waals surface area (Å²) >= 11 is 0. The SMILES string of the molecule is NCCCCNC(=O)c1ccccc1-n1cnnn1. The third-order valence-electron chi connectivity index (χ3n) is 2.66. The van der Waals surface area contributed by atoms with Crippen molar-refractivity contribution in [1.29, 1.82) is 0 Å². The fourth-order valence-electron chi connectivity index (χ4n) is 1.70. The fourth-order valence-corrected chi connectivity index (χ4v) is 1.70. The summed E-state index contributed by atoms with van der Waals surface area (Å²) in [6.45, 7) is 1.25. The van der Waals surface area contributed by atoms with E-state index in [1.807, 2.05) is 12.1 Å². The van der Waals surface area contributed by atoms with Crippen LogP contribution >= 0.6 is 0 Å². The Hall–Kier alpha value is -2.28. The minimum atomic E-state index is -0.136. The molecule has 0 bridgehead atoms. The van der Waals surface area contributed by atoms with Crippen molar-refractivity contribution in [2.24, 2.45) is 5.73 Å². The molecule has 7 nitrogen and oxygen atoms in total. The molecule has 100 valence electrons. The summed E-state index contributed by atoms with van der Waals surface area (Å²) in [6, 6.07) is 7.19. The van der Waals surface area contributed by atoms with Crippen LogP contribution in [0.15, 0.2) is 30.6 Å². The van der Waals surface area contributed by atoms with Gasteiger partial charge in [0.1, 0.15) is 6.33 Å². The number of unbranched alkanes of at least 4 members (excludes halogenated alkanes) is 1. The number of aromatic nitrogens is 4. The van der Waals surface area contributed by atoms with Gasteiger partial charge >= 0.3 is 0 Å². The lowest BCUT2D eigenvalue weighted by atomic mass is 10.1. The molecule has 0 aliphatic rings. The van der Waals surface area contributed by atoms with Gasteiger partial charge in [0.15, 0.2) is 0 Å². The molecular weight excluding hydrogens is 244 g/mol. The average Bonchev–Trinajstić information content (AvgIpc) is 2.97. The molecule has 0 unspecified atom stereocenters. The van der Waals surface area contributed by atoms with E-state index in [1.54, 1.807) is 12.1 Å². The number of benzene rings is 1. The molecule has 1 aromatic heterocycles. The summed E-state index contributed by atoms with van der Waals surface area (Å²) in [5.41, 5.74) is 6.61. The van der Waals surface area contributed by atoms with E-state index in [0.29, 0.717) is 24.3 Å². The van der Waals surface area contributed by atoms with Gasteiger partial charge in [0.05, 0.1) is 11.3 Å². The highest BCUT2D eigenvalue weighted by Gasteiger charge is 2.12. The topological polar surface area (TPSA) is 98.7 Å². The Kier molecular flexibility index (Phi) is 4.57. The van der Waals surface area contributed by atoms with Gasteiger partial charge in [-0.05, 0) is 41.9 Å². The van der Waals surface area contributed by atoms with Crippen molar-refractivity contribution < 1.29 is 4.79 Å². The zero-order valence-corrected chi connectivity index (χ0v) is 10.5. The Morgan fingerprint density at radius 3 is 2.89 bits per heavy atom. The molecule has 7 heteroatoms. The summed E-state index contributed by atoms with van der Waals surface area (Å²) in [7, 11) is 0. The van der Waals surface area contributed by atoms with E-state index in [2.05, 4.69) is 20.8 Å². The Bertz CT molecular complexity index is 525. The number of tetrazole rings is 1. The molecule has 0 spiro atoms. The second-order valence-electron chi connectivity index (χ2n) is 4.02. The van der Waals surface area contributed by atoms with E-state index in [0.717, 1.165) is 12.8 Å². The van der Waals surface area contributed by atoms with Gasteiger partial charge in [-0.15, -0.1) is 5.10 Å². The number of nitrogens with two attached hydrogens (primary N) is 1. The summed E-state index contributed by atoms with van der Waals surface area (Å²) in [5.74, 6) is -0.136. The van der Waals surface area contributed by atoms with Crippen molar-refractivity contribution in [2.75, 3.05) is 13.1 Å². The molecule has 2 rings (SSSR count). The lowest BCUT2D eigenvalue weighted by molar-refractivity contribution is 0.0953. The van der Waals surface area contributed by atoms with Gasteiger partial charge in [-0.1, -0.05) is 12.1 Å². The third-order valence-corrected chi connectivity index (χ3v) is 2.66. The maximum Gasteiger partial charge on any atom is 0.253 e. The van der Waals surface area contributed by atoms with Crippen molar-refractivity contribution in [1.82, 2.24) is 25.5 Å². The number of hydrogen-bond acceptors (Lipinski definition) is 5. The molecule has 0 aliphatic heterocycles. The van der Waals surface area contributed by atoms with Crippen molar-refractivity contribution in [3.05, 3.63) is 36.2 Å². The van der Waals surface area contributed by atoms with Gasteiger partial charge in [0, 0.05) is 6.54 Å². The highest BCUT2D eigenvalue weighted by molar-refractivity contribution is 5.97. The van der Waals surface area contributed by atoms with Crippen molar-refractivity contribution in [2.45, 2.75) is 12.8 Å². The normalized spacial score (nSPS) is 10.4. The lowest BCUT2D eigenvalue weighted by Crippen LogP contribution is -2.26. The zero-order valence-electron chi connectivity index (χ0n) is 10.5. The number of nitrogens with zero attached hydrogens (tertiary/aromatic N) is 4. The van der Waals surface area contributed by atoms with Crippen LogP contribution in [0.5, 0.6) is 0 Å². The Balaban J connectivity index is 2.09. The van der Waals surface area contributed by atoms with Gasteiger partial charge < -0.3 is 11.1 Å². The van der Waals surface area contributed by atoms with Crippen LogP contribution < -0.4 is 11.1 Å². The molecule has 0 atom stereocenters. The van der Waals surface area contributed by atoms with E-state index >= 15 is 0 Å². The molecule has 0 saturated carbocycles. The molecule has 0 fully saturated rings. The molecule has 3 N–H and O–H groups in total. The quantitative estimate of drug-likeness (QED) is 0.719. The van der Waals surface area contributed by atoms with E-state index < -0.39 is 0 Å². The molecule has 2 aromatic rings. The van der Waals surface area contributed by atoms with Crippen LogP contribution in [0.2, 0.25) is 0 Å². The number of para-hydroxylation sites is 1. The van der Waals surface area contributed by atoms with Crippen LogP contribution in [0.4, 0.5) is 0 Å². The van der Waals surface area contributed by atoms with Crippen molar-refractivity contribution in [3.8, 4) is 5.69 Å². The van der Waals surface area contributed by atoms with Crippen LogP contribution in [0.1, 0.15) is 23.2 Å². The van der Waals surface area contributed by atoms with E-state index in [4.69, 9.17) is 5.73 Å². The largest absolute Gasteiger partial charge is 0.352 e. The predicted molar refractivity (Wildman–Crippen MR) is 69.8 cm³/mol. The molecule has 1 amide bonds. The summed E-state index contributed by atoms with van der Waals surface area (Å²) in [5, 5.41) is 13.8. The molecule has 1 aromatic carbocycles. The van der Waals surface area contributed by atoms with E-state index in [9.17, 15) is 4.79 Å². The average molecular weight is 260 g/mol. The fraction of sp³-hybridized carbons (Fsp3) is 0.333. The number of rotatable bonds is 6. The highest BCUT2D eigenvalue weighted by Crippen LogP contribution is 2.12. The number of nitrogens with one attached hydrogen (secondary N) is 1. The summed E-state index contributed by atoms with van der Waals surface area (Å²) < 4.78 is 1.47. The van der Waals surface area contributed by atoms with Crippen LogP contribution in [0.25, 0.3) is 5.69 Å². The first-order valence-electron chi connectivity index (χ1n) is 6.13. The van der Waals surface area contributed by atoms with Crippen LogP contribution in [-0.4, -0.2) is 39.2 Å². The van der Waals surface area contributed by atoms with Crippen molar-refractivity contribution >= 4 is 5.91 Å². The molecular formula is C12H16N6O. The number of carbonyl (C=O) groups is 1. The first kappa shape index (κ1) is 13.2. The monoisotopic (exact) mass is 260 g/mol. The second-order valence-corrected chi connectivity index (χ2v) is 4.02. The third kappa shape index (κ3) is 3.35. The maximum atomic E-state index is 12.1. The van der Waals surface area contributed by atoms with Crippen LogP contribution in [-0.2, 0) is 0 Å². The number of hydrogen-bond donors (Lipinski definition) is 2. The smallest absolute Gasteiger partial charge is 0.253 e. The number of amides is 1. The lowest BCUT2D eigenvalue weighted by Gasteiger charge is -2.09. The minimum absolute atomic E-state index is 0.136. The Labute approximate surface area is 110 Å². The molecule has 19 heavy (non-hydrogen) atoms. The van der Waals surface area contributed by atoms with Gasteiger partial charge in [-0.2, -0.15) is 4.68 Å². The first-order chi connectivity index (χ1) is 9.33. The molecule has 0 aliphatic carbocycles. The van der Waals surface area contributed by atoms with Gasteiger partial charge in [0.2, 0.25) is 0 Å². The highest BCUT2D eigenvalue weighted by atomic mass is 16.1. The maximum absolute atomic E-state index is 12.1. The van der Waals surface area contributed by atoms with Gasteiger partial charge in [-0.3, -0.25) is 4.79 Å². The standard InChI is InChI=1S/C12H16N6O/c13-7-3-4-8-14-12(19)10-5-1-2-6-11(10)18-9-15-16-17-18/h1-2,5-6,9H,3-4,7-8,13H2,(H,14,19).